The fourth-order valence-electron chi connectivity index (χ4n) is 4.55. The summed E-state index contributed by atoms with van der Waals surface area (Å²) < 4.78 is 0. The van der Waals surface area contributed by atoms with Gasteiger partial charge in [0, 0.05) is 0 Å². The first kappa shape index (κ1) is 11.0. The molecule has 0 saturated carbocycles. The second kappa shape index (κ2) is 3.59. The van der Waals surface area contributed by atoms with Crippen LogP contribution in [0.3, 0.4) is 0 Å². The van der Waals surface area contributed by atoms with Crippen molar-refractivity contribution >= 4 is 43.1 Å². The third kappa shape index (κ3) is 1.13. The molecule has 0 bridgehead atoms. The van der Waals surface area contributed by atoms with Crippen molar-refractivity contribution < 1.29 is 0 Å². The summed E-state index contributed by atoms with van der Waals surface area (Å²) in [6, 6.07) is 22.8. The van der Waals surface area contributed by atoms with Crippen LogP contribution < -0.4 is 0 Å². The molecule has 22 heavy (non-hydrogen) atoms. The number of fused-ring (bicyclic) bond motifs is 1. The van der Waals surface area contributed by atoms with Crippen LogP contribution in [0.1, 0.15) is 11.1 Å². The van der Waals surface area contributed by atoms with E-state index in [4.69, 9.17) is 0 Å². The van der Waals surface area contributed by atoms with Crippen molar-refractivity contribution in [3.05, 3.63) is 71.8 Å². The molecule has 0 aliphatic heterocycles. The summed E-state index contributed by atoms with van der Waals surface area (Å²) in [5.41, 5.74) is 3.05. The fourth-order valence-corrected chi connectivity index (χ4v) is 4.55. The fraction of sp³-hybridized carbons (Fsp3) is 0.0909. The van der Waals surface area contributed by atoms with Crippen LogP contribution in [0.4, 0.5) is 0 Å². The molecule has 0 fully saturated rings. The Morgan fingerprint density at radius 1 is 0.455 bits per heavy atom. The van der Waals surface area contributed by atoms with E-state index in [2.05, 4.69) is 60.7 Å². The normalized spacial score (nSPS) is 14.0. The van der Waals surface area contributed by atoms with Gasteiger partial charge in [-0.25, -0.2) is 0 Å². The molecule has 0 heterocycles. The summed E-state index contributed by atoms with van der Waals surface area (Å²) in [4.78, 5) is 0. The first-order chi connectivity index (χ1) is 10.9. The van der Waals surface area contributed by atoms with Crippen LogP contribution in [0.2, 0.25) is 0 Å². The van der Waals surface area contributed by atoms with E-state index < -0.39 is 0 Å². The smallest absolute Gasteiger partial charge is 0.00235 e. The molecule has 6 rings (SSSR count). The van der Waals surface area contributed by atoms with Gasteiger partial charge in [0.25, 0.3) is 0 Å². The zero-order valence-electron chi connectivity index (χ0n) is 12.2. The summed E-state index contributed by atoms with van der Waals surface area (Å²) in [5.74, 6) is 0. The number of hydrogen-bond donors (Lipinski definition) is 0. The van der Waals surface area contributed by atoms with Crippen LogP contribution in [0.25, 0.3) is 43.1 Å². The van der Waals surface area contributed by atoms with Gasteiger partial charge >= 0.3 is 0 Å². The summed E-state index contributed by atoms with van der Waals surface area (Å²) in [6.07, 6.45) is 2.33. The Morgan fingerprint density at radius 3 is 1.45 bits per heavy atom. The molecule has 0 amide bonds. The second-order valence-corrected chi connectivity index (χ2v) is 6.51. The molecule has 1 aliphatic carbocycles. The average molecular weight is 278 g/mol. The van der Waals surface area contributed by atoms with Gasteiger partial charge in [-0.2, -0.15) is 0 Å². The van der Waals surface area contributed by atoms with Crippen LogP contribution in [-0.2, 0) is 12.8 Å². The van der Waals surface area contributed by atoms with Gasteiger partial charge in [-0.1, -0.05) is 60.7 Å². The Hall–Kier alpha value is -2.60. The largest absolute Gasteiger partial charge is 0.0610 e. The molecule has 0 unspecified atom stereocenters. The Labute approximate surface area is 128 Å². The quantitative estimate of drug-likeness (QED) is 0.247. The molecule has 0 nitrogen and oxygen atoms in total. The maximum atomic E-state index is 2.34. The molecule has 0 atom stereocenters. The first-order valence-electron chi connectivity index (χ1n) is 8.02. The molecule has 0 N–H and O–H groups in total. The van der Waals surface area contributed by atoms with E-state index in [1.54, 1.807) is 0 Å². The van der Waals surface area contributed by atoms with Crippen molar-refractivity contribution in [1.29, 1.82) is 0 Å². The van der Waals surface area contributed by atoms with Crippen molar-refractivity contribution in [1.82, 2.24) is 0 Å². The molecule has 0 radical (unpaired) electrons. The molecule has 5 aromatic rings. The van der Waals surface area contributed by atoms with Gasteiger partial charge in [-0.3, -0.25) is 0 Å². The van der Waals surface area contributed by atoms with Crippen molar-refractivity contribution in [3.8, 4) is 0 Å². The van der Waals surface area contributed by atoms with E-state index in [-0.39, 0.29) is 0 Å². The zero-order valence-corrected chi connectivity index (χ0v) is 12.2. The van der Waals surface area contributed by atoms with Gasteiger partial charge in [0.1, 0.15) is 0 Å². The monoisotopic (exact) mass is 278 g/mol. The van der Waals surface area contributed by atoms with Crippen molar-refractivity contribution in [2.75, 3.05) is 0 Å². The van der Waals surface area contributed by atoms with E-state index in [0.29, 0.717) is 0 Å². The minimum Gasteiger partial charge on any atom is -0.0610 e. The Balaban J connectivity index is 2.16. The number of aryl methyl sites for hydroxylation is 2. The van der Waals surface area contributed by atoms with E-state index in [0.717, 1.165) is 0 Å². The minimum atomic E-state index is 1.17. The van der Waals surface area contributed by atoms with Gasteiger partial charge < -0.3 is 0 Å². The maximum Gasteiger partial charge on any atom is -0.00235 e. The lowest BCUT2D eigenvalue weighted by Crippen LogP contribution is -2.02. The highest BCUT2D eigenvalue weighted by molar-refractivity contribution is 6.34. The van der Waals surface area contributed by atoms with Gasteiger partial charge in [0.15, 0.2) is 0 Å². The van der Waals surface area contributed by atoms with Crippen LogP contribution in [-0.4, -0.2) is 0 Å². The van der Waals surface area contributed by atoms with E-state index in [9.17, 15) is 0 Å². The van der Waals surface area contributed by atoms with Crippen LogP contribution in [0, 0.1) is 0 Å². The second-order valence-electron chi connectivity index (χ2n) is 6.51. The third-order valence-corrected chi connectivity index (χ3v) is 5.47. The lowest BCUT2D eigenvalue weighted by molar-refractivity contribution is 0.969. The van der Waals surface area contributed by atoms with Gasteiger partial charge in [0.05, 0.1) is 0 Å². The third-order valence-electron chi connectivity index (χ3n) is 5.47. The predicted octanol–water partition coefficient (Wildman–Crippen LogP) is 5.84. The number of hydrogen-bond acceptors (Lipinski definition) is 0. The maximum absolute atomic E-state index is 2.34. The van der Waals surface area contributed by atoms with Crippen molar-refractivity contribution in [2.45, 2.75) is 12.8 Å². The number of benzene rings is 5. The molecule has 0 spiro atoms. The Kier molecular flexibility index (Phi) is 1.80. The molecular formula is C22H14. The van der Waals surface area contributed by atoms with Crippen LogP contribution in [0.5, 0.6) is 0 Å². The minimum absolute atomic E-state index is 1.17. The molecular weight excluding hydrogens is 264 g/mol. The standard InChI is InChI=1S/C22H14/c1-3-13-7-9-15-11-12-16-10-8-14-4-2-6-18-17(5-1)19(13)21(15)22(16)20(14)18/h1-10H,11-12H2. The summed E-state index contributed by atoms with van der Waals surface area (Å²) in [6.45, 7) is 0. The van der Waals surface area contributed by atoms with Gasteiger partial charge in [-0.15, -0.1) is 0 Å². The molecule has 0 aromatic heterocycles. The summed E-state index contributed by atoms with van der Waals surface area (Å²) in [7, 11) is 0. The lowest BCUT2D eigenvalue weighted by atomic mass is 9.81. The molecule has 1 aliphatic rings. The average Bonchev–Trinajstić information content (AvgIpc) is 2.59. The predicted molar refractivity (Wildman–Crippen MR) is 95.1 cm³/mol. The molecule has 0 heteroatoms. The van der Waals surface area contributed by atoms with Crippen molar-refractivity contribution in [2.24, 2.45) is 0 Å². The summed E-state index contributed by atoms with van der Waals surface area (Å²) >= 11 is 0. The Morgan fingerprint density at radius 2 is 0.955 bits per heavy atom. The van der Waals surface area contributed by atoms with Crippen LogP contribution >= 0.6 is 0 Å². The first-order valence-corrected chi connectivity index (χ1v) is 8.02. The van der Waals surface area contributed by atoms with E-state index >= 15 is 0 Å². The lowest BCUT2D eigenvalue weighted by Gasteiger charge is -2.22. The number of rotatable bonds is 0. The highest BCUT2D eigenvalue weighted by Crippen LogP contribution is 2.44. The molecule has 102 valence electrons. The van der Waals surface area contributed by atoms with Crippen molar-refractivity contribution in [3.63, 3.8) is 0 Å². The van der Waals surface area contributed by atoms with E-state index in [1.807, 2.05) is 0 Å². The highest BCUT2D eigenvalue weighted by Gasteiger charge is 2.20. The van der Waals surface area contributed by atoms with Gasteiger partial charge in [-0.05, 0) is 67.1 Å². The molecule has 0 saturated heterocycles. The SMILES string of the molecule is c1cc2ccc3c4c5c(ccc6cccc(c(c1)c24)c65)CC3. The van der Waals surface area contributed by atoms with Gasteiger partial charge in [0.2, 0.25) is 0 Å². The Bertz CT molecular complexity index is 1110. The topological polar surface area (TPSA) is 0 Å². The van der Waals surface area contributed by atoms with E-state index in [1.165, 1.54) is 67.1 Å². The highest BCUT2D eigenvalue weighted by atomic mass is 14.2. The van der Waals surface area contributed by atoms with Crippen LogP contribution in [0.15, 0.2) is 60.7 Å². The summed E-state index contributed by atoms with van der Waals surface area (Å²) in [5, 5.41) is 11.5. The molecule has 5 aromatic carbocycles. The zero-order chi connectivity index (χ0) is 14.3.